The number of carbonyl (C=O) groups is 1. The summed E-state index contributed by atoms with van der Waals surface area (Å²) in [6, 6.07) is 10.3. The van der Waals surface area contributed by atoms with Crippen molar-refractivity contribution in [3.63, 3.8) is 0 Å². The van der Waals surface area contributed by atoms with Crippen molar-refractivity contribution in [1.29, 1.82) is 0 Å². The maximum atomic E-state index is 11.5. The Bertz CT molecular complexity index is 295. The molecule has 1 rings (SSSR count). The van der Waals surface area contributed by atoms with Crippen LogP contribution in [0.4, 0.5) is 0 Å². The van der Waals surface area contributed by atoms with E-state index in [1.165, 1.54) is 17.3 Å². The van der Waals surface area contributed by atoms with Crippen LogP contribution in [-0.4, -0.2) is 10.9 Å². The smallest absolute Gasteiger partial charge is 0.189 e. The Kier molecular flexibility index (Phi) is 5.48. The van der Waals surface area contributed by atoms with Crippen LogP contribution in [0, 0.1) is 0 Å². The largest absolute Gasteiger partial charge is 0.287 e. The molecule has 0 radical (unpaired) electrons. The summed E-state index contributed by atoms with van der Waals surface area (Å²) in [5.41, 5.74) is 1.28. The molecule has 0 bridgehead atoms. The van der Waals surface area contributed by atoms with Crippen molar-refractivity contribution >= 4 is 16.9 Å². The lowest BCUT2D eigenvalue weighted by Crippen LogP contribution is -2.03. The molecule has 0 spiro atoms. The zero-order valence-electron chi connectivity index (χ0n) is 9.40. The molecule has 0 aromatic heterocycles. The van der Waals surface area contributed by atoms with Crippen LogP contribution in [0.2, 0.25) is 0 Å². The Labute approximate surface area is 96.3 Å². The zero-order chi connectivity index (χ0) is 11.1. The molecular weight excluding hydrogens is 204 g/mol. The second-order valence-corrected chi connectivity index (χ2v) is 4.85. The average molecular weight is 222 g/mol. The lowest BCUT2D eigenvalue weighted by Gasteiger charge is -2.13. The zero-order valence-corrected chi connectivity index (χ0v) is 10.2. The first kappa shape index (κ1) is 12.3. The van der Waals surface area contributed by atoms with Gasteiger partial charge in [0.2, 0.25) is 0 Å². The van der Waals surface area contributed by atoms with Gasteiger partial charge >= 0.3 is 0 Å². The second kappa shape index (κ2) is 6.67. The summed E-state index contributed by atoms with van der Waals surface area (Å²) in [6.07, 6.45) is 1.69. The molecule has 82 valence electrons. The van der Waals surface area contributed by atoms with Crippen molar-refractivity contribution in [3.8, 4) is 0 Å². The fourth-order valence-electron chi connectivity index (χ4n) is 1.64. The van der Waals surface area contributed by atoms with Crippen LogP contribution < -0.4 is 0 Å². The Morgan fingerprint density at radius 2 is 1.93 bits per heavy atom. The molecule has 0 aliphatic carbocycles. The van der Waals surface area contributed by atoms with Crippen molar-refractivity contribution in [3.05, 3.63) is 35.9 Å². The van der Waals surface area contributed by atoms with Gasteiger partial charge in [-0.25, -0.2) is 0 Å². The van der Waals surface area contributed by atoms with Crippen molar-refractivity contribution in [2.45, 2.75) is 32.6 Å². The third-order valence-electron chi connectivity index (χ3n) is 2.48. The van der Waals surface area contributed by atoms with Crippen LogP contribution in [0.15, 0.2) is 30.3 Å². The van der Waals surface area contributed by atoms with Gasteiger partial charge in [-0.1, -0.05) is 55.9 Å². The molecule has 1 aromatic carbocycles. The lowest BCUT2D eigenvalue weighted by molar-refractivity contribution is -0.111. The Balaban J connectivity index is 2.61. The molecule has 0 fully saturated rings. The van der Waals surface area contributed by atoms with E-state index in [0.29, 0.717) is 17.5 Å². The van der Waals surface area contributed by atoms with Gasteiger partial charge in [-0.15, -0.1) is 0 Å². The number of benzene rings is 1. The minimum atomic E-state index is 0.313. The molecule has 0 saturated heterocycles. The molecule has 1 nitrogen and oxygen atoms in total. The predicted molar refractivity (Wildman–Crippen MR) is 67.2 cm³/mol. The topological polar surface area (TPSA) is 17.1 Å². The van der Waals surface area contributed by atoms with E-state index in [1.807, 2.05) is 25.1 Å². The van der Waals surface area contributed by atoms with E-state index >= 15 is 0 Å². The fourth-order valence-corrected chi connectivity index (χ4v) is 2.29. The monoisotopic (exact) mass is 222 g/mol. The van der Waals surface area contributed by atoms with Crippen molar-refractivity contribution in [1.82, 2.24) is 0 Å². The van der Waals surface area contributed by atoms with E-state index in [-0.39, 0.29) is 0 Å². The number of thioether (sulfide) groups is 1. The lowest BCUT2D eigenvalue weighted by atomic mass is 9.94. The number of hydrogen-bond donors (Lipinski definition) is 0. The second-order valence-electron chi connectivity index (χ2n) is 3.53. The van der Waals surface area contributed by atoms with Crippen LogP contribution in [0.1, 0.15) is 38.2 Å². The molecule has 1 atom stereocenters. The van der Waals surface area contributed by atoms with Gasteiger partial charge in [0.15, 0.2) is 5.12 Å². The first-order valence-corrected chi connectivity index (χ1v) is 6.47. The molecule has 2 heteroatoms. The highest BCUT2D eigenvalue weighted by atomic mass is 32.2. The molecule has 15 heavy (non-hydrogen) atoms. The summed E-state index contributed by atoms with van der Waals surface area (Å²) in [6.45, 7) is 4.16. The summed E-state index contributed by atoms with van der Waals surface area (Å²) in [5, 5.41) is 0.313. The highest BCUT2D eigenvalue weighted by Crippen LogP contribution is 2.25. The standard InChI is InChI=1S/C13H18OS/c1-3-11(10-13(14)15-4-2)12-8-6-5-7-9-12/h5-9,11H,3-4,10H2,1-2H3/t11-/m1/s1. The van der Waals surface area contributed by atoms with Gasteiger partial charge in [0.05, 0.1) is 0 Å². The van der Waals surface area contributed by atoms with Gasteiger partial charge in [-0.3, -0.25) is 4.79 Å². The average Bonchev–Trinajstić information content (AvgIpc) is 2.27. The third-order valence-corrected chi connectivity index (χ3v) is 3.26. The van der Waals surface area contributed by atoms with Crippen molar-refractivity contribution in [2.75, 3.05) is 5.75 Å². The first-order valence-electron chi connectivity index (χ1n) is 5.48. The number of carbonyl (C=O) groups excluding carboxylic acids is 1. The van der Waals surface area contributed by atoms with Gasteiger partial charge in [0.1, 0.15) is 0 Å². The number of hydrogen-bond acceptors (Lipinski definition) is 2. The Morgan fingerprint density at radius 1 is 1.27 bits per heavy atom. The van der Waals surface area contributed by atoms with E-state index in [1.54, 1.807) is 0 Å². The van der Waals surface area contributed by atoms with Gasteiger partial charge in [-0.05, 0) is 23.7 Å². The van der Waals surface area contributed by atoms with Crippen LogP contribution in [0.5, 0.6) is 0 Å². The summed E-state index contributed by atoms with van der Waals surface area (Å²) in [7, 11) is 0. The quantitative estimate of drug-likeness (QED) is 0.752. The summed E-state index contributed by atoms with van der Waals surface area (Å²) >= 11 is 1.43. The maximum Gasteiger partial charge on any atom is 0.189 e. The molecule has 0 heterocycles. The summed E-state index contributed by atoms with van der Waals surface area (Å²) < 4.78 is 0. The summed E-state index contributed by atoms with van der Waals surface area (Å²) in [4.78, 5) is 11.5. The minimum absolute atomic E-state index is 0.313. The first-order chi connectivity index (χ1) is 7.27. The normalized spacial score (nSPS) is 12.4. The molecule has 0 aliphatic rings. The molecule has 1 aromatic rings. The highest BCUT2D eigenvalue weighted by Gasteiger charge is 2.13. The van der Waals surface area contributed by atoms with Gasteiger partial charge < -0.3 is 0 Å². The Morgan fingerprint density at radius 3 is 2.47 bits per heavy atom. The maximum absolute atomic E-state index is 11.5. The minimum Gasteiger partial charge on any atom is -0.287 e. The van der Waals surface area contributed by atoms with E-state index in [9.17, 15) is 4.79 Å². The van der Waals surface area contributed by atoms with E-state index < -0.39 is 0 Å². The van der Waals surface area contributed by atoms with Crippen LogP contribution >= 0.6 is 11.8 Å². The molecule has 0 unspecified atom stereocenters. The SMILES string of the molecule is CCSC(=O)C[C@@H](CC)c1ccccc1. The third kappa shape index (κ3) is 4.08. The van der Waals surface area contributed by atoms with Gasteiger partial charge in [-0.2, -0.15) is 0 Å². The van der Waals surface area contributed by atoms with Crippen molar-refractivity contribution in [2.24, 2.45) is 0 Å². The van der Waals surface area contributed by atoms with E-state index in [4.69, 9.17) is 0 Å². The van der Waals surface area contributed by atoms with Gasteiger partial charge in [0, 0.05) is 6.42 Å². The fraction of sp³-hybridized carbons (Fsp3) is 0.462. The number of rotatable bonds is 5. The van der Waals surface area contributed by atoms with Crippen LogP contribution in [0.3, 0.4) is 0 Å². The molecular formula is C13H18OS. The predicted octanol–water partition coefficient (Wildman–Crippen LogP) is 3.85. The molecule has 0 aliphatic heterocycles. The van der Waals surface area contributed by atoms with Crippen LogP contribution in [0.25, 0.3) is 0 Å². The van der Waals surface area contributed by atoms with Crippen LogP contribution in [-0.2, 0) is 4.79 Å². The van der Waals surface area contributed by atoms with Gasteiger partial charge in [0.25, 0.3) is 0 Å². The molecule has 0 N–H and O–H groups in total. The van der Waals surface area contributed by atoms with Crippen molar-refractivity contribution < 1.29 is 4.79 Å². The molecule has 0 amide bonds. The molecule has 0 saturated carbocycles. The highest BCUT2D eigenvalue weighted by molar-refractivity contribution is 8.13. The Hall–Kier alpha value is -0.760. The van der Waals surface area contributed by atoms with E-state index in [2.05, 4.69) is 19.1 Å². The van der Waals surface area contributed by atoms with E-state index in [0.717, 1.165) is 12.2 Å². The summed E-state index contributed by atoms with van der Waals surface area (Å²) in [5.74, 6) is 1.27.